The van der Waals surface area contributed by atoms with Crippen molar-refractivity contribution in [3.63, 3.8) is 0 Å². The number of benzene rings is 1. The van der Waals surface area contributed by atoms with Crippen LogP contribution in [0.1, 0.15) is 22.6 Å². The Morgan fingerprint density at radius 1 is 1.22 bits per heavy atom. The molecule has 4 rings (SSSR count). The van der Waals surface area contributed by atoms with Crippen molar-refractivity contribution in [2.45, 2.75) is 32.4 Å². The van der Waals surface area contributed by atoms with Crippen molar-refractivity contribution in [2.75, 3.05) is 25.2 Å². The maximum Gasteiger partial charge on any atom is 0.231 e. The molecule has 0 aliphatic carbocycles. The molecule has 4 nitrogen and oxygen atoms in total. The normalized spacial score (nSPS) is 20.7. The number of hydrogen-bond acceptors (Lipinski definition) is 5. The van der Waals surface area contributed by atoms with E-state index in [0.29, 0.717) is 12.8 Å². The number of anilines is 1. The van der Waals surface area contributed by atoms with E-state index in [9.17, 15) is 0 Å². The molecule has 0 amide bonds. The van der Waals surface area contributed by atoms with Gasteiger partial charge in [-0.25, -0.2) is 0 Å². The first-order valence-corrected chi connectivity index (χ1v) is 9.02. The number of ether oxygens (including phenoxy) is 2. The standard InChI is InChI=1S/C18H22N2O2S/c1-13-4-6-16(23-13)11-20-8-2-3-15(10-20)19-14-5-7-17-18(9-14)22-12-21-17/h4-7,9,15,19H,2-3,8,10-12H2,1H3. The van der Waals surface area contributed by atoms with Crippen molar-refractivity contribution < 1.29 is 9.47 Å². The van der Waals surface area contributed by atoms with Crippen molar-refractivity contribution in [3.8, 4) is 11.5 Å². The Morgan fingerprint density at radius 3 is 3.00 bits per heavy atom. The molecule has 0 bridgehead atoms. The lowest BCUT2D eigenvalue weighted by Gasteiger charge is -2.33. The summed E-state index contributed by atoms with van der Waals surface area (Å²) in [6.07, 6.45) is 2.46. The molecule has 2 aromatic rings. The first-order valence-electron chi connectivity index (χ1n) is 8.20. The molecule has 1 aromatic carbocycles. The third kappa shape index (κ3) is 3.46. The number of thiophene rings is 1. The van der Waals surface area contributed by atoms with Crippen LogP contribution < -0.4 is 14.8 Å². The Kier molecular flexibility index (Phi) is 4.14. The molecule has 1 saturated heterocycles. The smallest absolute Gasteiger partial charge is 0.231 e. The molecule has 2 aliphatic rings. The highest BCUT2D eigenvalue weighted by molar-refractivity contribution is 7.11. The zero-order chi connectivity index (χ0) is 15.6. The minimum absolute atomic E-state index is 0.330. The van der Waals surface area contributed by atoms with Crippen LogP contribution in [0.2, 0.25) is 0 Å². The zero-order valence-electron chi connectivity index (χ0n) is 13.4. The summed E-state index contributed by atoms with van der Waals surface area (Å²) in [5.41, 5.74) is 1.12. The number of aryl methyl sites for hydroxylation is 1. The van der Waals surface area contributed by atoms with E-state index in [1.54, 1.807) is 0 Å². The molecule has 1 unspecified atom stereocenters. The Morgan fingerprint density at radius 2 is 2.13 bits per heavy atom. The van der Waals surface area contributed by atoms with Crippen LogP contribution in [0.5, 0.6) is 11.5 Å². The summed E-state index contributed by atoms with van der Waals surface area (Å²) >= 11 is 1.91. The number of hydrogen-bond donors (Lipinski definition) is 1. The second-order valence-corrected chi connectivity index (χ2v) is 7.67. The highest BCUT2D eigenvalue weighted by atomic mass is 32.1. The number of likely N-dealkylation sites (tertiary alicyclic amines) is 1. The fraction of sp³-hybridized carbons (Fsp3) is 0.444. The highest BCUT2D eigenvalue weighted by Gasteiger charge is 2.21. The Hall–Kier alpha value is -1.72. The number of rotatable bonds is 4. The molecule has 1 aromatic heterocycles. The molecule has 122 valence electrons. The number of piperidine rings is 1. The first-order chi connectivity index (χ1) is 11.3. The van der Waals surface area contributed by atoms with Gasteiger partial charge in [-0.2, -0.15) is 0 Å². The average Bonchev–Trinajstić information content (AvgIpc) is 3.16. The average molecular weight is 330 g/mol. The quantitative estimate of drug-likeness (QED) is 0.923. The fourth-order valence-electron chi connectivity index (χ4n) is 3.33. The molecule has 1 N–H and O–H groups in total. The zero-order valence-corrected chi connectivity index (χ0v) is 14.2. The topological polar surface area (TPSA) is 33.7 Å². The van der Waals surface area contributed by atoms with Crippen LogP contribution in [0.25, 0.3) is 0 Å². The van der Waals surface area contributed by atoms with E-state index >= 15 is 0 Å². The third-order valence-electron chi connectivity index (χ3n) is 4.42. The predicted octanol–water partition coefficient (Wildman–Crippen LogP) is 3.86. The highest BCUT2D eigenvalue weighted by Crippen LogP contribution is 2.34. The molecular weight excluding hydrogens is 308 g/mol. The molecule has 0 spiro atoms. The lowest BCUT2D eigenvalue weighted by atomic mass is 10.1. The predicted molar refractivity (Wildman–Crippen MR) is 93.5 cm³/mol. The largest absolute Gasteiger partial charge is 0.454 e. The SMILES string of the molecule is Cc1ccc(CN2CCCC(Nc3ccc4c(c3)OCO4)C2)s1. The molecular formula is C18H22N2O2S. The second-order valence-electron chi connectivity index (χ2n) is 6.30. The molecule has 5 heteroatoms. The van der Waals surface area contributed by atoms with Gasteiger partial charge >= 0.3 is 0 Å². The van der Waals surface area contributed by atoms with Gasteiger partial charge in [0.15, 0.2) is 11.5 Å². The second kappa shape index (κ2) is 6.42. The maximum atomic E-state index is 5.46. The van der Waals surface area contributed by atoms with E-state index in [-0.39, 0.29) is 0 Å². The minimum Gasteiger partial charge on any atom is -0.454 e. The molecule has 1 fully saturated rings. The summed E-state index contributed by atoms with van der Waals surface area (Å²) in [4.78, 5) is 5.41. The van der Waals surface area contributed by atoms with Gasteiger partial charge in [0.1, 0.15) is 0 Å². The van der Waals surface area contributed by atoms with Gasteiger partial charge in [0.2, 0.25) is 6.79 Å². The number of nitrogens with zero attached hydrogens (tertiary/aromatic N) is 1. The van der Waals surface area contributed by atoms with Gasteiger partial charge in [0, 0.05) is 40.6 Å². The molecule has 0 radical (unpaired) electrons. The van der Waals surface area contributed by atoms with Gasteiger partial charge < -0.3 is 14.8 Å². The summed E-state index contributed by atoms with van der Waals surface area (Å²) in [5, 5.41) is 3.66. The van der Waals surface area contributed by atoms with Crippen molar-refractivity contribution in [1.29, 1.82) is 0 Å². The fourth-order valence-corrected chi connectivity index (χ4v) is 4.26. The van der Waals surface area contributed by atoms with Crippen LogP contribution in [-0.2, 0) is 6.54 Å². The van der Waals surface area contributed by atoms with Crippen LogP contribution in [-0.4, -0.2) is 30.8 Å². The minimum atomic E-state index is 0.330. The van der Waals surface area contributed by atoms with Gasteiger partial charge in [-0.05, 0) is 50.6 Å². The van der Waals surface area contributed by atoms with Crippen LogP contribution in [0.15, 0.2) is 30.3 Å². The van der Waals surface area contributed by atoms with Crippen molar-refractivity contribution >= 4 is 17.0 Å². The van der Waals surface area contributed by atoms with Crippen LogP contribution in [0, 0.1) is 6.92 Å². The Bertz CT molecular complexity index is 685. The summed E-state index contributed by atoms with van der Waals surface area (Å²) in [5.74, 6) is 1.69. The summed E-state index contributed by atoms with van der Waals surface area (Å²) < 4.78 is 10.8. The van der Waals surface area contributed by atoms with E-state index < -0.39 is 0 Å². The molecule has 3 heterocycles. The first kappa shape index (κ1) is 14.8. The van der Waals surface area contributed by atoms with Crippen LogP contribution in [0.4, 0.5) is 5.69 Å². The van der Waals surface area contributed by atoms with Gasteiger partial charge in [0.05, 0.1) is 0 Å². The Balaban J connectivity index is 1.37. The summed E-state index contributed by atoms with van der Waals surface area (Å²) in [7, 11) is 0. The lowest BCUT2D eigenvalue weighted by molar-refractivity contribution is 0.174. The van der Waals surface area contributed by atoms with E-state index in [1.165, 1.54) is 29.1 Å². The van der Waals surface area contributed by atoms with Crippen molar-refractivity contribution in [3.05, 3.63) is 40.1 Å². The lowest BCUT2D eigenvalue weighted by Crippen LogP contribution is -2.41. The van der Waals surface area contributed by atoms with Crippen LogP contribution >= 0.6 is 11.3 Å². The molecule has 23 heavy (non-hydrogen) atoms. The van der Waals surface area contributed by atoms with E-state index in [1.807, 2.05) is 23.5 Å². The van der Waals surface area contributed by atoms with Gasteiger partial charge in [-0.3, -0.25) is 4.90 Å². The van der Waals surface area contributed by atoms with E-state index in [2.05, 4.69) is 35.3 Å². The summed E-state index contributed by atoms with van der Waals surface area (Å²) in [6, 6.07) is 11.1. The van der Waals surface area contributed by atoms with E-state index in [4.69, 9.17) is 9.47 Å². The maximum absolute atomic E-state index is 5.46. The van der Waals surface area contributed by atoms with Gasteiger partial charge in [0.25, 0.3) is 0 Å². The molecule has 0 saturated carbocycles. The monoisotopic (exact) mass is 330 g/mol. The Labute approximate surface area is 141 Å². The number of fused-ring (bicyclic) bond motifs is 1. The van der Waals surface area contributed by atoms with E-state index in [0.717, 1.165) is 30.3 Å². The summed E-state index contributed by atoms with van der Waals surface area (Å²) in [6.45, 7) is 5.85. The number of nitrogens with one attached hydrogen (secondary N) is 1. The molecule has 1 atom stereocenters. The van der Waals surface area contributed by atoms with Crippen molar-refractivity contribution in [1.82, 2.24) is 4.90 Å². The van der Waals surface area contributed by atoms with Gasteiger partial charge in [-0.15, -0.1) is 11.3 Å². The van der Waals surface area contributed by atoms with Crippen LogP contribution in [0.3, 0.4) is 0 Å². The van der Waals surface area contributed by atoms with Gasteiger partial charge in [-0.1, -0.05) is 0 Å². The molecule has 2 aliphatic heterocycles. The third-order valence-corrected chi connectivity index (χ3v) is 5.41. The van der Waals surface area contributed by atoms with Crippen molar-refractivity contribution in [2.24, 2.45) is 0 Å².